The van der Waals surface area contributed by atoms with Crippen molar-refractivity contribution in [3.63, 3.8) is 0 Å². The summed E-state index contributed by atoms with van der Waals surface area (Å²) in [6, 6.07) is 0. The van der Waals surface area contributed by atoms with E-state index >= 15 is 0 Å². The van der Waals surface area contributed by atoms with Crippen LogP contribution in [0.2, 0.25) is 0 Å². The second-order valence-electron chi connectivity index (χ2n) is 2.86. The SMILES string of the molecule is Cc1[nH]cnc1CC[C@H](C)O. The van der Waals surface area contributed by atoms with Gasteiger partial charge in [0.1, 0.15) is 0 Å². The molecule has 0 aliphatic carbocycles. The fourth-order valence-electron chi connectivity index (χ4n) is 0.985. The van der Waals surface area contributed by atoms with Crippen molar-refractivity contribution in [2.75, 3.05) is 0 Å². The maximum absolute atomic E-state index is 9.00. The van der Waals surface area contributed by atoms with Gasteiger partial charge in [0.05, 0.1) is 18.1 Å². The second kappa shape index (κ2) is 3.53. The van der Waals surface area contributed by atoms with E-state index in [4.69, 9.17) is 5.11 Å². The molecule has 62 valence electrons. The molecule has 0 fully saturated rings. The van der Waals surface area contributed by atoms with Gasteiger partial charge in [0.25, 0.3) is 0 Å². The van der Waals surface area contributed by atoms with Gasteiger partial charge in [0.2, 0.25) is 0 Å². The largest absolute Gasteiger partial charge is 0.393 e. The van der Waals surface area contributed by atoms with Crippen molar-refractivity contribution < 1.29 is 5.11 Å². The van der Waals surface area contributed by atoms with Crippen LogP contribution in [0.5, 0.6) is 0 Å². The minimum absolute atomic E-state index is 0.230. The lowest BCUT2D eigenvalue weighted by Gasteiger charge is -2.01. The molecule has 1 aromatic rings. The summed E-state index contributed by atoms with van der Waals surface area (Å²) in [5.41, 5.74) is 2.16. The number of aromatic amines is 1. The number of aliphatic hydroxyl groups excluding tert-OH is 1. The molecule has 0 amide bonds. The number of H-pyrrole nitrogens is 1. The van der Waals surface area contributed by atoms with Crippen LogP contribution < -0.4 is 0 Å². The van der Waals surface area contributed by atoms with Crippen molar-refractivity contribution in [3.05, 3.63) is 17.7 Å². The van der Waals surface area contributed by atoms with E-state index in [2.05, 4.69) is 9.97 Å². The van der Waals surface area contributed by atoms with Crippen LogP contribution >= 0.6 is 0 Å². The molecule has 0 radical (unpaired) electrons. The highest BCUT2D eigenvalue weighted by molar-refractivity contribution is 5.08. The van der Waals surface area contributed by atoms with Crippen LogP contribution in [0.15, 0.2) is 6.33 Å². The van der Waals surface area contributed by atoms with Crippen LogP contribution in [0.3, 0.4) is 0 Å². The van der Waals surface area contributed by atoms with Crippen LogP contribution in [-0.4, -0.2) is 21.2 Å². The smallest absolute Gasteiger partial charge is 0.0925 e. The van der Waals surface area contributed by atoms with Crippen molar-refractivity contribution in [2.24, 2.45) is 0 Å². The molecule has 0 spiro atoms. The maximum atomic E-state index is 9.00. The molecule has 11 heavy (non-hydrogen) atoms. The summed E-state index contributed by atoms with van der Waals surface area (Å²) < 4.78 is 0. The van der Waals surface area contributed by atoms with Gasteiger partial charge in [0.15, 0.2) is 0 Å². The van der Waals surface area contributed by atoms with Crippen molar-refractivity contribution in [2.45, 2.75) is 32.8 Å². The van der Waals surface area contributed by atoms with E-state index in [1.54, 1.807) is 13.3 Å². The Morgan fingerprint density at radius 3 is 2.91 bits per heavy atom. The first-order chi connectivity index (χ1) is 5.20. The molecule has 0 aromatic carbocycles. The monoisotopic (exact) mass is 154 g/mol. The van der Waals surface area contributed by atoms with Crippen LogP contribution in [-0.2, 0) is 6.42 Å². The summed E-state index contributed by atoms with van der Waals surface area (Å²) in [5.74, 6) is 0. The molecular formula is C8H14N2O. The molecule has 0 unspecified atom stereocenters. The Hall–Kier alpha value is -0.830. The van der Waals surface area contributed by atoms with Crippen molar-refractivity contribution in [1.82, 2.24) is 9.97 Å². The first-order valence-corrected chi connectivity index (χ1v) is 3.87. The third kappa shape index (κ3) is 2.35. The van der Waals surface area contributed by atoms with Gasteiger partial charge < -0.3 is 10.1 Å². The van der Waals surface area contributed by atoms with Crippen molar-refractivity contribution in [3.8, 4) is 0 Å². The predicted molar refractivity (Wildman–Crippen MR) is 43.3 cm³/mol. The Kier molecular flexibility index (Phi) is 2.65. The first-order valence-electron chi connectivity index (χ1n) is 3.87. The zero-order valence-corrected chi connectivity index (χ0v) is 6.96. The lowest BCUT2D eigenvalue weighted by molar-refractivity contribution is 0.184. The quantitative estimate of drug-likeness (QED) is 0.683. The van der Waals surface area contributed by atoms with Gasteiger partial charge in [-0.1, -0.05) is 0 Å². The summed E-state index contributed by atoms with van der Waals surface area (Å²) in [4.78, 5) is 7.12. The van der Waals surface area contributed by atoms with E-state index < -0.39 is 0 Å². The maximum Gasteiger partial charge on any atom is 0.0925 e. The van der Waals surface area contributed by atoms with Crippen molar-refractivity contribution in [1.29, 1.82) is 0 Å². The van der Waals surface area contributed by atoms with Crippen LogP contribution in [0.25, 0.3) is 0 Å². The van der Waals surface area contributed by atoms with E-state index in [0.717, 1.165) is 24.2 Å². The van der Waals surface area contributed by atoms with Gasteiger partial charge in [-0.25, -0.2) is 4.98 Å². The number of aryl methyl sites for hydroxylation is 2. The summed E-state index contributed by atoms with van der Waals surface area (Å²) in [6.07, 6.45) is 3.09. The molecule has 3 nitrogen and oxygen atoms in total. The molecule has 0 bridgehead atoms. The predicted octanol–water partition coefficient (Wildman–Crippen LogP) is 1.03. The minimum Gasteiger partial charge on any atom is -0.393 e. The van der Waals surface area contributed by atoms with Gasteiger partial charge in [-0.3, -0.25) is 0 Å². The van der Waals surface area contributed by atoms with Crippen LogP contribution in [0.4, 0.5) is 0 Å². The van der Waals surface area contributed by atoms with Gasteiger partial charge in [0, 0.05) is 5.69 Å². The number of nitrogens with zero attached hydrogens (tertiary/aromatic N) is 1. The first kappa shape index (κ1) is 8.27. The highest BCUT2D eigenvalue weighted by Gasteiger charge is 2.02. The van der Waals surface area contributed by atoms with Gasteiger partial charge in [-0.2, -0.15) is 0 Å². The van der Waals surface area contributed by atoms with Crippen LogP contribution in [0.1, 0.15) is 24.7 Å². The Bertz CT molecular complexity index is 218. The highest BCUT2D eigenvalue weighted by atomic mass is 16.3. The zero-order chi connectivity index (χ0) is 8.27. The van der Waals surface area contributed by atoms with E-state index in [9.17, 15) is 0 Å². The third-order valence-corrected chi connectivity index (χ3v) is 1.73. The molecular weight excluding hydrogens is 140 g/mol. The molecule has 0 saturated carbocycles. The number of rotatable bonds is 3. The highest BCUT2D eigenvalue weighted by Crippen LogP contribution is 2.05. The van der Waals surface area contributed by atoms with Gasteiger partial charge >= 0.3 is 0 Å². The Morgan fingerprint density at radius 2 is 2.45 bits per heavy atom. The summed E-state index contributed by atoms with van der Waals surface area (Å²) >= 11 is 0. The number of aliphatic hydroxyl groups is 1. The summed E-state index contributed by atoms with van der Waals surface area (Å²) in [6.45, 7) is 3.78. The van der Waals surface area contributed by atoms with E-state index in [1.165, 1.54) is 0 Å². The minimum atomic E-state index is -0.230. The van der Waals surface area contributed by atoms with E-state index in [-0.39, 0.29) is 6.10 Å². The average Bonchev–Trinajstić information content (AvgIpc) is 2.31. The number of hydrogen-bond acceptors (Lipinski definition) is 2. The summed E-state index contributed by atoms with van der Waals surface area (Å²) in [7, 11) is 0. The number of aromatic nitrogens is 2. The molecule has 2 N–H and O–H groups in total. The van der Waals surface area contributed by atoms with Crippen LogP contribution in [0, 0.1) is 6.92 Å². The molecule has 1 rings (SSSR count). The number of nitrogens with one attached hydrogen (secondary N) is 1. The molecule has 3 heteroatoms. The fourth-order valence-corrected chi connectivity index (χ4v) is 0.985. The molecule has 0 aliphatic heterocycles. The van der Waals surface area contributed by atoms with E-state index in [0.29, 0.717) is 0 Å². The molecule has 1 aromatic heterocycles. The third-order valence-electron chi connectivity index (χ3n) is 1.73. The average molecular weight is 154 g/mol. The zero-order valence-electron chi connectivity index (χ0n) is 6.96. The standard InChI is InChI=1S/C8H14N2O/c1-6(11)3-4-8-7(2)9-5-10-8/h5-6,11H,3-4H2,1-2H3,(H,9,10)/t6-/m0/s1. The normalized spacial score (nSPS) is 13.4. The van der Waals surface area contributed by atoms with Gasteiger partial charge in [-0.05, 0) is 26.7 Å². The lowest BCUT2D eigenvalue weighted by atomic mass is 10.1. The Morgan fingerprint density at radius 1 is 1.73 bits per heavy atom. The Balaban J connectivity index is 2.44. The molecule has 1 heterocycles. The number of hydrogen-bond donors (Lipinski definition) is 2. The molecule has 0 saturated heterocycles. The van der Waals surface area contributed by atoms with E-state index in [1.807, 2.05) is 6.92 Å². The summed E-state index contributed by atoms with van der Waals surface area (Å²) in [5, 5.41) is 9.00. The molecule has 1 atom stereocenters. The Labute approximate surface area is 66.5 Å². The molecule has 0 aliphatic rings. The topological polar surface area (TPSA) is 48.9 Å². The fraction of sp³-hybridized carbons (Fsp3) is 0.625. The second-order valence-corrected chi connectivity index (χ2v) is 2.86. The van der Waals surface area contributed by atoms with Crippen molar-refractivity contribution >= 4 is 0 Å². The number of imidazole rings is 1. The lowest BCUT2D eigenvalue weighted by Crippen LogP contribution is -2.02. The van der Waals surface area contributed by atoms with Gasteiger partial charge in [-0.15, -0.1) is 0 Å².